The molecule has 4 rings (SSSR count). The number of furan rings is 1. The molecule has 7 heteroatoms. The Labute approximate surface area is 174 Å². The maximum atomic E-state index is 12.5. The van der Waals surface area contributed by atoms with Crippen LogP contribution in [0.4, 0.5) is 11.4 Å². The number of carbonyl (C=O) groups excluding carboxylic acids is 2. The quantitative estimate of drug-likeness (QED) is 0.609. The predicted molar refractivity (Wildman–Crippen MR) is 112 cm³/mol. The lowest BCUT2D eigenvalue weighted by atomic mass is 10.2. The minimum absolute atomic E-state index is 0.153. The fourth-order valence-electron chi connectivity index (χ4n) is 3.11. The minimum Gasteiger partial charge on any atom is -0.491 e. The van der Waals surface area contributed by atoms with Crippen LogP contribution < -0.4 is 15.4 Å². The first-order valence-corrected chi connectivity index (χ1v) is 9.78. The summed E-state index contributed by atoms with van der Waals surface area (Å²) < 4.78 is 16.3. The second-order valence-corrected chi connectivity index (χ2v) is 6.93. The second kappa shape index (κ2) is 9.28. The molecule has 2 amide bonds. The van der Waals surface area contributed by atoms with Crippen molar-refractivity contribution in [2.24, 2.45) is 0 Å². The van der Waals surface area contributed by atoms with Crippen molar-refractivity contribution >= 4 is 23.2 Å². The number of hydrogen-bond acceptors (Lipinski definition) is 5. The van der Waals surface area contributed by atoms with Gasteiger partial charge in [0.15, 0.2) is 5.76 Å². The highest BCUT2D eigenvalue weighted by molar-refractivity contribution is 6.05. The molecule has 1 unspecified atom stereocenters. The topological polar surface area (TPSA) is 89.8 Å². The number of hydrogen-bond donors (Lipinski definition) is 2. The van der Waals surface area contributed by atoms with E-state index in [-0.39, 0.29) is 23.7 Å². The Morgan fingerprint density at radius 3 is 2.23 bits per heavy atom. The summed E-state index contributed by atoms with van der Waals surface area (Å²) in [6.07, 6.45) is 3.69. The first kappa shape index (κ1) is 19.7. The maximum absolute atomic E-state index is 12.5. The van der Waals surface area contributed by atoms with E-state index in [4.69, 9.17) is 13.9 Å². The summed E-state index contributed by atoms with van der Waals surface area (Å²) in [5.41, 5.74) is 1.74. The smallest absolute Gasteiger partial charge is 0.291 e. The first-order chi connectivity index (χ1) is 14.7. The zero-order valence-corrected chi connectivity index (χ0v) is 16.3. The molecule has 0 bridgehead atoms. The van der Waals surface area contributed by atoms with Crippen LogP contribution in [0.2, 0.25) is 0 Å². The molecule has 0 spiro atoms. The molecule has 2 aromatic carbocycles. The van der Waals surface area contributed by atoms with Crippen LogP contribution in [0.25, 0.3) is 0 Å². The number of carbonyl (C=O) groups is 2. The maximum Gasteiger partial charge on any atom is 0.291 e. The average Bonchev–Trinajstić information content (AvgIpc) is 3.48. The molecule has 1 aromatic heterocycles. The fourth-order valence-corrected chi connectivity index (χ4v) is 3.11. The van der Waals surface area contributed by atoms with Gasteiger partial charge in [0.25, 0.3) is 11.8 Å². The highest BCUT2D eigenvalue weighted by Crippen LogP contribution is 2.19. The lowest BCUT2D eigenvalue weighted by molar-refractivity contribution is 0.0679. The third-order valence-electron chi connectivity index (χ3n) is 4.72. The van der Waals surface area contributed by atoms with Crippen molar-refractivity contribution in [1.82, 2.24) is 0 Å². The second-order valence-electron chi connectivity index (χ2n) is 6.93. The van der Waals surface area contributed by atoms with Crippen molar-refractivity contribution in [3.05, 3.63) is 78.3 Å². The summed E-state index contributed by atoms with van der Waals surface area (Å²) >= 11 is 0. The molecule has 1 fully saturated rings. The van der Waals surface area contributed by atoms with Crippen LogP contribution in [0.15, 0.2) is 71.3 Å². The first-order valence-electron chi connectivity index (χ1n) is 9.78. The van der Waals surface area contributed by atoms with E-state index in [1.165, 1.54) is 6.26 Å². The molecule has 0 aliphatic carbocycles. The summed E-state index contributed by atoms with van der Waals surface area (Å²) in [6.45, 7) is 1.32. The van der Waals surface area contributed by atoms with E-state index in [2.05, 4.69) is 10.6 Å². The molecule has 3 aromatic rings. The zero-order valence-electron chi connectivity index (χ0n) is 16.3. The third kappa shape index (κ3) is 5.07. The summed E-state index contributed by atoms with van der Waals surface area (Å²) in [6, 6.07) is 17.1. The van der Waals surface area contributed by atoms with Crippen molar-refractivity contribution < 1.29 is 23.5 Å². The van der Waals surface area contributed by atoms with E-state index in [1.807, 2.05) is 0 Å². The Morgan fingerprint density at radius 2 is 1.63 bits per heavy atom. The van der Waals surface area contributed by atoms with Crippen molar-refractivity contribution in [1.29, 1.82) is 0 Å². The lowest BCUT2D eigenvalue weighted by Gasteiger charge is -2.12. The van der Waals surface area contributed by atoms with Gasteiger partial charge in [-0.15, -0.1) is 0 Å². The normalized spacial score (nSPS) is 15.5. The molecular formula is C23H22N2O5. The Bertz CT molecular complexity index is 975. The van der Waals surface area contributed by atoms with E-state index in [0.717, 1.165) is 19.4 Å². The fraction of sp³-hybridized carbons (Fsp3) is 0.217. The van der Waals surface area contributed by atoms with Crippen LogP contribution in [0.3, 0.4) is 0 Å². The molecule has 1 atom stereocenters. The van der Waals surface area contributed by atoms with E-state index >= 15 is 0 Å². The molecule has 0 saturated carbocycles. The van der Waals surface area contributed by atoms with E-state index in [1.54, 1.807) is 60.7 Å². The average molecular weight is 406 g/mol. The predicted octanol–water partition coefficient (Wildman–Crippen LogP) is 4.34. The van der Waals surface area contributed by atoms with Gasteiger partial charge in [-0.05, 0) is 73.5 Å². The van der Waals surface area contributed by atoms with Gasteiger partial charge in [-0.1, -0.05) is 0 Å². The molecule has 7 nitrogen and oxygen atoms in total. The largest absolute Gasteiger partial charge is 0.491 e. The van der Waals surface area contributed by atoms with Gasteiger partial charge in [-0.2, -0.15) is 0 Å². The van der Waals surface area contributed by atoms with Gasteiger partial charge in [-0.3, -0.25) is 9.59 Å². The van der Waals surface area contributed by atoms with Crippen LogP contribution in [-0.4, -0.2) is 31.1 Å². The van der Waals surface area contributed by atoms with Crippen LogP contribution in [0.1, 0.15) is 33.8 Å². The third-order valence-corrected chi connectivity index (χ3v) is 4.72. The van der Waals surface area contributed by atoms with Gasteiger partial charge in [0.1, 0.15) is 12.4 Å². The zero-order chi connectivity index (χ0) is 20.8. The van der Waals surface area contributed by atoms with Crippen molar-refractivity contribution in [2.75, 3.05) is 23.8 Å². The molecule has 1 saturated heterocycles. The van der Waals surface area contributed by atoms with Gasteiger partial charge in [0, 0.05) is 23.5 Å². The Balaban J connectivity index is 1.29. The van der Waals surface area contributed by atoms with Gasteiger partial charge in [0.2, 0.25) is 0 Å². The van der Waals surface area contributed by atoms with E-state index < -0.39 is 0 Å². The molecule has 2 heterocycles. The summed E-state index contributed by atoms with van der Waals surface area (Å²) in [5.74, 6) is 0.376. The minimum atomic E-state index is -0.335. The number of nitrogens with one attached hydrogen (secondary N) is 2. The summed E-state index contributed by atoms with van der Waals surface area (Å²) in [7, 11) is 0. The van der Waals surface area contributed by atoms with Gasteiger partial charge in [-0.25, -0.2) is 0 Å². The Morgan fingerprint density at radius 1 is 0.933 bits per heavy atom. The molecule has 0 radical (unpaired) electrons. The number of anilines is 2. The number of ether oxygens (including phenoxy) is 2. The van der Waals surface area contributed by atoms with Crippen LogP contribution in [0, 0.1) is 0 Å². The number of rotatable bonds is 7. The number of benzene rings is 2. The standard InChI is InChI=1S/C23H22N2O5/c26-22(16-5-11-19(12-6-16)30-15-20-3-1-13-28-20)24-17-7-9-18(10-8-17)25-23(27)21-4-2-14-29-21/h2,4-12,14,20H,1,3,13,15H2,(H,24,26)(H,25,27). The van der Waals surface area contributed by atoms with Crippen molar-refractivity contribution in [3.8, 4) is 5.75 Å². The van der Waals surface area contributed by atoms with Crippen molar-refractivity contribution in [3.63, 3.8) is 0 Å². The molecule has 1 aliphatic heterocycles. The van der Waals surface area contributed by atoms with Gasteiger partial charge < -0.3 is 24.5 Å². The van der Waals surface area contributed by atoms with Crippen molar-refractivity contribution in [2.45, 2.75) is 18.9 Å². The molecule has 154 valence electrons. The molecular weight excluding hydrogens is 384 g/mol. The Hall–Kier alpha value is -3.58. The van der Waals surface area contributed by atoms with Crippen LogP contribution >= 0.6 is 0 Å². The number of amides is 2. The summed E-state index contributed by atoms with van der Waals surface area (Å²) in [5, 5.41) is 5.56. The van der Waals surface area contributed by atoms with E-state index in [9.17, 15) is 9.59 Å². The van der Waals surface area contributed by atoms with E-state index in [0.29, 0.717) is 29.3 Å². The van der Waals surface area contributed by atoms with Gasteiger partial charge in [0.05, 0.1) is 12.4 Å². The highest BCUT2D eigenvalue weighted by atomic mass is 16.5. The van der Waals surface area contributed by atoms with Gasteiger partial charge >= 0.3 is 0 Å². The van der Waals surface area contributed by atoms with Crippen LogP contribution in [-0.2, 0) is 4.74 Å². The lowest BCUT2D eigenvalue weighted by Crippen LogP contribution is -2.16. The Kier molecular flexibility index (Phi) is 6.10. The molecule has 30 heavy (non-hydrogen) atoms. The monoisotopic (exact) mass is 406 g/mol. The molecule has 2 N–H and O–H groups in total. The SMILES string of the molecule is O=C(Nc1ccc(NC(=O)c2ccco2)cc1)c1ccc(OCC2CCCO2)cc1. The highest BCUT2D eigenvalue weighted by Gasteiger charge is 2.16. The summed E-state index contributed by atoms with van der Waals surface area (Å²) in [4.78, 5) is 24.4. The van der Waals surface area contributed by atoms with Crippen LogP contribution in [0.5, 0.6) is 5.75 Å². The molecule has 1 aliphatic rings.